The highest BCUT2D eigenvalue weighted by atomic mass is 16.5. The molecule has 20 heavy (non-hydrogen) atoms. The maximum atomic E-state index is 10.7. The highest BCUT2D eigenvalue weighted by Gasteiger charge is 2.41. The van der Waals surface area contributed by atoms with Crippen molar-refractivity contribution in [1.29, 1.82) is 0 Å². The van der Waals surface area contributed by atoms with Crippen molar-refractivity contribution < 1.29 is 9.84 Å². The molecule has 0 amide bonds. The molecule has 1 aromatic rings. The van der Waals surface area contributed by atoms with Crippen LogP contribution in [0.25, 0.3) is 0 Å². The zero-order valence-corrected chi connectivity index (χ0v) is 13.9. The summed E-state index contributed by atoms with van der Waals surface area (Å²) in [5.41, 5.74) is 1.93. The Kier molecular flexibility index (Phi) is 3.56. The molecule has 1 aliphatic rings. The number of ether oxygens (including phenoxy) is 1. The molecule has 1 unspecified atom stereocenters. The van der Waals surface area contributed by atoms with Crippen molar-refractivity contribution in [2.45, 2.75) is 72.3 Å². The van der Waals surface area contributed by atoms with Gasteiger partial charge in [-0.3, -0.25) is 0 Å². The minimum absolute atomic E-state index is 0.100. The van der Waals surface area contributed by atoms with Gasteiger partial charge in [0.25, 0.3) is 0 Å². The van der Waals surface area contributed by atoms with E-state index in [0.717, 1.165) is 23.3 Å². The number of aromatic hydroxyl groups is 1. The Morgan fingerprint density at radius 3 is 2.35 bits per heavy atom. The molecule has 1 heterocycles. The number of phenols is 1. The van der Waals surface area contributed by atoms with Crippen LogP contribution in [0.2, 0.25) is 0 Å². The van der Waals surface area contributed by atoms with Crippen LogP contribution >= 0.6 is 0 Å². The second-order valence-corrected chi connectivity index (χ2v) is 8.05. The van der Waals surface area contributed by atoms with E-state index in [2.05, 4.69) is 48.5 Å². The molecule has 2 nitrogen and oxygen atoms in total. The summed E-state index contributed by atoms with van der Waals surface area (Å²) in [6.07, 6.45) is 0.929. The Morgan fingerprint density at radius 1 is 1.25 bits per heavy atom. The Balaban J connectivity index is 2.64. The van der Waals surface area contributed by atoms with Crippen LogP contribution in [0.1, 0.15) is 77.8 Å². The zero-order valence-electron chi connectivity index (χ0n) is 13.9. The lowest BCUT2D eigenvalue weighted by Gasteiger charge is -2.43. The molecule has 0 fully saturated rings. The van der Waals surface area contributed by atoms with Crippen molar-refractivity contribution >= 4 is 0 Å². The maximum absolute atomic E-state index is 10.7. The molecule has 0 saturated heterocycles. The molecule has 0 bridgehead atoms. The highest BCUT2D eigenvalue weighted by Crippen LogP contribution is 2.53. The molecule has 2 heteroatoms. The first-order valence-corrected chi connectivity index (χ1v) is 7.58. The molecule has 0 saturated carbocycles. The standard InChI is InChI=1S/C18H28O2/c1-11(2)12-8-9-14-15(16(12)19)13(17(3,4)5)10-18(6,7)20-14/h8-9,11,13,19H,10H2,1-7H3. The lowest BCUT2D eigenvalue weighted by Crippen LogP contribution is -2.38. The lowest BCUT2D eigenvalue weighted by atomic mass is 9.69. The van der Waals surface area contributed by atoms with Gasteiger partial charge in [-0.1, -0.05) is 40.7 Å². The van der Waals surface area contributed by atoms with Crippen LogP contribution in [0.15, 0.2) is 12.1 Å². The van der Waals surface area contributed by atoms with Gasteiger partial charge in [0, 0.05) is 5.56 Å². The molecule has 2 rings (SSSR count). The van der Waals surface area contributed by atoms with Crippen molar-refractivity contribution in [3.05, 3.63) is 23.3 Å². The van der Waals surface area contributed by atoms with E-state index < -0.39 is 0 Å². The number of hydrogen-bond donors (Lipinski definition) is 1. The molecule has 112 valence electrons. The topological polar surface area (TPSA) is 29.5 Å². The van der Waals surface area contributed by atoms with Gasteiger partial charge in [0.2, 0.25) is 0 Å². The van der Waals surface area contributed by atoms with E-state index in [1.165, 1.54) is 0 Å². The van der Waals surface area contributed by atoms with Crippen LogP contribution in [-0.4, -0.2) is 10.7 Å². The SMILES string of the molecule is CC(C)c1ccc2c(c1O)C(C(C)(C)C)CC(C)(C)O2. The van der Waals surface area contributed by atoms with Crippen LogP contribution in [0.4, 0.5) is 0 Å². The first-order valence-electron chi connectivity index (χ1n) is 7.58. The largest absolute Gasteiger partial charge is 0.507 e. The summed E-state index contributed by atoms with van der Waals surface area (Å²) in [5.74, 6) is 1.91. The van der Waals surface area contributed by atoms with Gasteiger partial charge in [0.05, 0.1) is 0 Å². The van der Waals surface area contributed by atoms with Gasteiger partial charge < -0.3 is 9.84 Å². The van der Waals surface area contributed by atoms with Crippen LogP contribution in [0.3, 0.4) is 0 Å². The minimum Gasteiger partial charge on any atom is -0.507 e. The summed E-state index contributed by atoms with van der Waals surface area (Å²) in [7, 11) is 0. The second-order valence-electron chi connectivity index (χ2n) is 8.05. The first-order chi connectivity index (χ1) is 9.03. The molecule has 1 aromatic carbocycles. The predicted octanol–water partition coefficient (Wildman–Crippen LogP) is 5.21. The summed E-state index contributed by atoms with van der Waals surface area (Å²) in [6.45, 7) is 15.2. The third kappa shape index (κ3) is 2.65. The summed E-state index contributed by atoms with van der Waals surface area (Å²) in [5, 5.41) is 10.7. The van der Waals surface area contributed by atoms with Crippen LogP contribution in [-0.2, 0) is 0 Å². The predicted molar refractivity (Wildman–Crippen MR) is 83.7 cm³/mol. The van der Waals surface area contributed by atoms with Crippen molar-refractivity contribution in [3.8, 4) is 11.5 Å². The number of rotatable bonds is 1. The normalized spacial score (nSPS) is 21.5. The van der Waals surface area contributed by atoms with Gasteiger partial charge in [-0.05, 0) is 49.1 Å². The summed E-state index contributed by atoms with van der Waals surface area (Å²) >= 11 is 0. The molecule has 1 atom stereocenters. The summed E-state index contributed by atoms with van der Waals surface area (Å²) < 4.78 is 6.10. The fourth-order valence-electron chi connectivity index (χ4n) is 3.17. The smallest absolute Gasteiger partial charge is 0.127 e. The summed E-state index contributed by atoms with van der Waals surface area (Å²) in [6, 6.07) is 4.03. The van der Waals surface area contributed by atoms with Crippen LogP contribution in [0, 0.1) is 5.41 Å². The van der Waals surface area contributed by atoms with Crippen molar-refractivity contribution in [2.75, 3.05) is 0 Å². The molecule has 0 spiro atoms. The Labute approximate surface area is 123 Å². The van der Waals surface area contributed by atoms with E-state index >= 15 is 0 Å². The molecule has 0 aromatic heterocycles. The molecular formula is C18H28O2. The van der Waals surface area contributed by atoms with Gasteiger partial charge >= 0.3 is 0 Å². The van der Waals surface area contributed by atoms with Crippen molar-refractivity contribution in [2.24, 2.45) is 5.41 Å². The van der Waals surface area contributed by atoms with E-state index in [4.69, 9.17) is 4.74 Å². The van der Waals surface area contributed by atoms with Crippen molar-refractivity contribution in [1.82, 2.24) is 0 Å². The Bertz CT molecular complexity index is 507. The third-order valence-electron chi connectivity index (χ3n) is 4.31. The van der Waals surface area contributed by atoms with Gasteiger partial charge in [-0.25, -0.2) is 0 Å². The zero-order chi connectivity index (χ0) is 15.3. The van der Waals surface area contributed by atoms with Crippen LogP contribution in [0.5, 0.6) is 11.5 Å². The second kappa shape index (κ2) is 4.68. The van der Waals surface area contributed by atoms with Crippen molar-refractivity contribution in [3.63, 3.8) is 0 Å². The number of benzene rings is 1. The minimum atomic E-state index is -0.184. The van der Waals surface area contributed by atoms with E-state index in [-0.39, 0.29) is 11.0 Å². The van der Waals surface area contributed by atoms with Gasteiger partial charge in [0.15, 0.2) is 0 Å². The van der Waals surface area contributed by atoms with Crippen LogP contribution < -0.4 is 4.74 Å². The van der Waals surface area contributed by atoms with Gasteiger partial charge in [0.1, 0.15) is 17.1 Å². The first kappa shape index (κ1) is 15.2. The van der Waals surface area contributed by atoms with E-state index in [1.54, 1.807) is 0 Å². The molecule has 1 aliphatic heterocycles. The molecular weight excluding hydrogens is 248 g/mol. The number of fused-ring (bicyclic) bond motifs is 1. The number of phenolic OH excluding ortho intramolecular Hbond substituents is 1. The van der Waals surface area contributed by atoms with E-state index in [9.17, 15) is 5.11 Å². The lowest BCUT2D eigenvalue weighted by molar-refractivity contribution is 0.0488. The fraction of sp³-hybridized carbons (Fsp3) is 0.667. The molecule has 0 aliphatic carbocycles. The van der Waals surface area contributed by atoms with Gasteiger partial charge in [-0.15, -0.1) is 0 Å². The summed E-state index contributed by atoms with van der Waals surface area (Å²) in [4.78, 5) is 0. The molecule has 1 N–H and O–H groups in total. The maximum Gasteiger partial charge on any atom is 0.127 e. The monoisotopic (exact) mass is 276 g/mol. The Hall–Kier alpha value is -1.18. The average Bonchev–Trinajstić information content (AvgIpc) is 2.24. The van der Waals surface area contributed by atoms with E-state index in [1.807, 2.05) is 12.1 Å². The third-order valence-corrected chi connectivity index (χ3v) is 4.31. The average molecular weight is 276 g/mol. The number of hydrogen-bond acceptors (Lipinski definition) is 2. The quantitative estimate of drug-likeness (QED) is 0.763. The molecule has 0 radical (unpaired) electrons. The highest BCUT2D eigenvalue weighted by molar-refractivity contribution is 5.54. The Morgan fingerprint density at radius 2 is 1.85 bits per heavy atom. The fourth-order valence-corrected chi connectivity index (χ4v) is 3.17. The van der Waals surface area contributed by atoms with E-state index in [0.29, 0.717) is 17.6 Å². The van der Waals surface area contributed by atoms with Gasteiger partial charge in [-0.2, -0.15) is 0 Å².